The van der Waals surface area contributed by atoms with Gasteiger partial charge in [0.25, 0.3) is 0 Å². The number of benzene rings is 1. The summed E-state index contributed by atoms with van der Waals surface area (Å²) in [5.74, 6) is 0.130. The van der Waals surface area contributed by atoms with Gasteiger partial charge in [-0.05, 0) is 18.6 Å². The molecule has 4 nitrogen and oxygen atoms in total. The first-order valence-corrected chi connectivity index (χ1v) is 4.82. The Labute approximate surface area is 94.2 Å². The molecule has 86 valence electrons. The van der Waals surface area contributed by atoms with Crippen molar-refractivity contribution >= 4 is 12.3 Å². The molecule has 0 N–H and O–H groups in total. The molecule has 0 bridgehead atoms. The number of carbonyl (C=O) groups is 2. The smallest absolute Gasteiger partial charge is 0.310 e. The van der Waals surface area contributed by atoms with E-state index in [0.717, 1.165) is 11.8 Å². The maximum atomic E-state index is 11.2. The van der Waals surface area contributed by atoms with Crippen LogP contribution in [0, 0.1) is 6.92 Å². The lowest BCUT2D eigenvalue weighted by Crippen LogP contribution is -2.09. The van der Waals surface area contributed by atoms with Gasteiger partial charge in [-0.3, -0.25) is 9.59 Å². The normalized spacial score (nSPS) is 9.69. The number of methoxy groups -OCH3 is 2. The van der Waals surface area contributed by atoms with E-state index in [0.29, 0.717) is 16.9 Å². The van der Waals surface area contributed by atoms with Gasteiger partial charge >= 0.3 is 5.97 Å². The van der Waals surface area contributed by atoms with Crippen LogP contribution in [0.4, 0.5) is 0 Å². The molecule has 1 aromatic rings. The Balaban J connectivity index is 3.24. The molecule has 16 heavy (non-hydrogen) atoms. The van der Waals surface area contributed by atoms with Crippen LogP contribution in [0.2, 0.25) is 0 Å². The second kappa shape index (κ2) is 5.30. The Bertz CT molecular complexity index is 410. The highest BCUT2D eigenvalue weighted by molar-refractivity contribution is 5.85. The molecular formula is C12H14O4. The van der Waals surface area contributed by atoms with Crippen molar-refractivity contribution in [3.8, 4) is 5.75 Å². The minimum absolute atomic E-state index is 0.0371. The van der Waals surface area contributed by atoms with Crippen LogP contribution < -0.4 is 4.74 Å². The highest BCUT2D eigenvalue weighted by Crippen LogP contribution is 2.24. The molecule has 0 amide bonds. The predicted molar refractivity (Wildman–Crippen MR) is 58.8 cm³/mol. The maximum absolute atomic E-state index is 11.2. The van der Waals surface area contributed by atoms with Gasteiger partial charge in [0.05, 0.1) is 20.6 Å². The summed E-state index contributed by atoms with van der Waals surface area (Å²) in [5, 5.41) is 0. The van der Waals surface area contributed by atoms with E-state index < -0.39 is 5.97 Å². The molecule has 4 heteroatoms. The van der Waals surface area contributed by atoms with Crippen molar-refractivity contribution in [2.24, 2.45) is 0 Å². The Morgan fingerprint density at radius 1 is 1.38 bits per heavy atom. The largest absolute Gasteiger partial charge is 0.496 e. The van der Waals surface area contributed by atoms with Crippen LogP contribution in [0.25, 0.3) is 0 Å². The van der Waals surface area contributed by atoms with Gasteiger partial charge in [0, 0.05) is 11.1 Å². The Morgan fingerprint density at radius 3 is 2.56 bits per heavy atom. The van der Waals surface area contributed by atoms with Crippen molar-refractivity contribution in [1.29, 1.82) is 0 Å². The standard InChI is InChI=1S/C12H14O4/c1-8-4-5-11(15-2)9(10(8)7-13)6-12(14)16-3/h4-5,7H,6H2,1-3H3. The third-order valence-corrected chi connectivity index (χ3v) is 2.42. The first kappa shape index (κ1) is 12.2. The number of ether oxygens (including phenoxy) is 2. The minimum atomic E-state index is -0.396. The van der Waals surface area contributed by atoms with Crippen LogP contribution in [-0.4, -0.2) is 26.5 Å². The summed E-state index contributed by atoms with van der Waals surface area (Å²) in [5.41, 5.74) is 1.88. The van der Waals surface area contributed by atoms with Gasteiger partial charge in [0.15, 0.2) is 6.29 Å². The van der Waals surface area contributed by atoms with Gasteiger partial charge in [-0.2, -0.15) is 0 Å². The number of carbonyl (C=O) groups excluding carboxylic acids is 2. The van der Waals surface area contributed by atoms with Gasteiger partial charge in [-0.15, -0.1) is 0 Å². The molecule has 0 aliphatic carbocycles. The molecule has 0 aliphatic rings. The Hall–Kier alpha value is -1.84. The van der Waals surface area contributed by atoms with Crippen LogP contribution in [0.3, 0.4) is 0 Å². The topological polar surface area (TPSA) is 52.6 Å². The summed E-state index contributed by atoms with van der Waals surface area (Å²) < 4.78 is 9.70. The van der Waals surface area contributed by atoms with Crippen LogP contribution in [0.1, 0.15) is 21.5 Å². The number of aldehydes is 1. The van der Waals surface area contributed by atoms with Gasteiger partial charge in [0.1, 0.15) is 5.75 Å². The zero-order valence-electron chi connectivity index (χ0n) is 9.57. The van der Waals surface area contributed by atoms with Gasteiger partial charge in [-0.1, -0.05) is 6.07 Å². The van der Waals surface area contributed by atoms with Crippen molar-refractivity contribution in [3.05, 3.63) is 28.8 Å². The van der Waals surface area contributed by atoms with E-state index in [1.165, 1.54) is 14.2 Å². The summed E-state index contributed by atoms with van der Waals surface area (Å²) in [4.78, 5) is 22.2. The van der Waals surface area contributed by atoms with Crippen molar-refractivity contribution in [2.75, 3.05) is 14.2 Å². The first-order chi connectivity index (χ1) is 7.63. The molecule has 0 radical (unpaired) electrons. The third kappa shape index (κ3) is 2.39. The van der Waals surface area contributed by atoms with Gasteiger partial charge in [0.2, 0.25) is 0 Å². The molecule has 0 fully saturated rings. The number of esters is 1. The Kier molecular flexibility index (Phi) is 4.05. The lowest BCUT2D eigenvalue weighted by atomic mass is 9.99. The summed E-state index contributed by atoms with van der Waals surface area (Å²) in [6, 6.07) is 3.52. The quantitative estimate of drug-likeness (QED) is 0.572. The average Bonchev–Trinajstić information content (AvgIpc) is 2.29. The predicted octanol–water partition coefficient (Wildman–Crippen LogP) is 1.53. The molecular weight excluding hydrogens is 208 g/mol. The lowest BCUT2D eigenvalue weighted by Gasteiger charge is -2.11. The lowest BCUT2D eigenvalue weighted by molar-refractivity contribution is -0.139. The number of hydrogen-bond acceptors (Lipinski definition) is 4. The zero-order chi connectivity index (χ0) is 12.1. The minimum Gasteiger partial charge on any atom is -0.496 e. The van der Waals surface area contributed by atoms with Crippen molar-refractivity contribution in [1.82, 2.24) is 0 Å². The van der Waals surface area contributed by atoms with Gasteiger partial charge < -0.3 is 9.47 Å². The van der Waals surface area contributed by atoms with E-state index >= 15 is 0 Å². The molecule has 0 saturated heterocycles. The van der Waals surface area contributed by atoms with E-state index in [2.05, 4.69) is 4.74 Å². The first-order valence-electron chi connectivity index (χ1n) is 4.82. The van der Waals surface area contributed by atoms with Crippen LogP contribution >= 0.6 is 0 Å². The summed E-state index contributed by atoms with van der Waals surface area (Å²) in [6.45, 7) is 1.81. The molecule has 0 aromatic heterocycles. The van der Waals surface area contributed by atoms with Crippen LogP contribution in [0.5, 0.6) is 5.75 Å². The number of rotatable bonds is 4. The van der Waals surface area contributed by atoms with Crippen molar-refractivity contribution < 1.29 is 19.1 Å². The van der Waals surface area contributed by atoms with Crippen molar-refractivity contribution in [2.45, 2.75) is 13.3 Å². The molecule has 0 saturated carbocycles. The molecule has 0 unspecified atom stereocenters. The third-order valence-electron chi connectivity index (χ3n) is 2.42. The summed E-state index contributed by atoms with van der Waals surface area (Å²) in [7, 11) is 2.81. The summed E-state index contributed by atoms with van der Waals surface area (Å²) >= 11 is 0. The monoisotopic (exact) mass is 222 g/mol. The maximum Gasteiger partial charge on any atom is 0.310 e. The molecule has 0 spiro atoms. The fourth-order valence-corrected chi connectivity index (χ4v) is 1.52. The number of aryl methyl sites for hydroxylation is 1. The molecule has 0 aliphatic heterocycles. The van der Waals surface area contributed by atoms with Gasteiger partial charge in [-0.25, -0.2) is 0 Å². The molecule has 0 atom stereocenters. The SMILES string of the molecule is COC(=O)Cc1c(OC)ccc(C)c1C=O. The zero-order valence-corrected chi connectivity index (χ0v) is 9.57. The van der Waals surface area contributed by atoms with E-state index in [1.807, 2.05) is 6.92 Å². The van der Waals surface area contributed by atoms with Crippen molar-refractivity contribution in [3.63, 3.8) is 0 Å². The molecule has 0 heterocycles. The number of hydrogen-bond donors (Lipinski definition) is 0. The highest BCUT2D eigenvalue weighted by Gasteiger charge is 2.15. The second-order valence-corrected chi connectivity index (χ2v) is 3.35. The van der Waals surface area contributed by atoms with Crippen LogP contribution in [0.15, 0.2) is 12.1 Å². The van der Waals surface area contributed by atoms with E-state index in [4.69, 9.17) is 4.74 Å². The van der Waals surface area contributed by atoms with E-state index in [1.54, 1.807) is 12.1 Å². The van der Waals surface area contributed by atoms with E-state index in [9.17, 15) is 9.59 Å². The average molecular weight is 222 g/mol. The molecule has 1 aromatic carbocycles. The molecule has 1 rings (SSSR count). The fourth-order valence-electron chi connectivity index (χ4n) is 1.52. The van der Waals surface area contributed by atoms with Crippen LogP contribution in [-0.2, 0) is 16.0 Å². The Morgan fingerprint density at radius 2 is 2.06 bits per heavy atom. The van der Waals surface area contributed by atoms with E-state index in [-0.39, 0.29) is 6.42 Å². The fraction of sp³-hybridized carbons (Fsp3) is 0.333. The second-order valence-electron chi connectivity index (χ2n) is 3.35. The highest BCUT2D eigenvalue weighted by atomic mass is 16.5. The summed E-state index contributed by atoms with van der Waals surface area (Å²) in [6.07, 6.45) is 0.769.